The van der Waals surface area contributed by atoms with Crippen molar-refractivity contribution < 1.29 is 9.59 Å². The number of Topliss-reactive ketones (excluding diaryl/α,β-unsaturated/α-hetero) is 2. The van der Waals surface area contributed by atoms with E-state index in [-0.39, 0.29) is 17.6 Å². The molecule has 4 heteroatoms. The van der Waals surface area contributed by atoms with Crippen LogP contribution in [-0.2, 0) is 9.59 Å². The van der Waals surface area contributed by atoms with Crippen molar-refractivity contribution in [2.75, 3.05) is 6.54 Å². The molecule has 1 fully saturated rings. The Morgan fingerprint density at radius 3 is 2.33 bits per heavy atom. The molecule has 0 amide bonds. The largest absolute Gasteiger partial charge is 0.318 e. The fraction of sp³-hybridized carbons (Fsp3) is 0.750. The molecular formula is C8H14N2O2. The molecule has 1 rings (SSSR count). The summed E-state index contributed by atoms with van der Waals surface area (Å²) in [4.78, 5) is 22.0. The van der Waals surface area contributed by atoms with Crippen LogP contribution in [0.3, 0.4) is 0 Å². The first-order valence-electron chi connectivity index (χ1n) is 3.99. The van der Waals surface area contributed by atoms with Gasteiger partial charge in [0.05, 0.1) is 11.6 Å². The third-order valence-corrected chi connectivity index (χ3v) is 2.42. The van der Waals surface area contributed by atoms with E-state index in [0.29, 0.717) is 13.0 Å². The molecule has 12 heavy (non-hydrogen) atoms. The number of carbonyl (C=O) groups excluding carboxylic acids is 2. The zero-order chi connectivity index (χ0) is 9.35. The molecule has 0 spiro atoms. The van der Waals surface area contributed by atoms with Crippen molar-refractivity contribution in [1.29, 1.82) is 0 Å². The molecule has 3 N–H and O–H groups in total. The van der Waals surface area contributed by atoms with Crippen LogP contribution in [0.1, 0.15) is 20.3 Å². The summed E-state index contributed by atoms with van der Waals surface area (Å²) in [5, 5.41) is 2.93. The van der Waals surface area contributed by atoms with Gasteiger partial charge in [-0.05, 0) is 20.3 Å². The van der Waals surface area contributed by atoms with Crippen LogP contribution in [-0.4, -0.2) is 29.7 Å². The van der Waals surface area contributed by atoms with Crippen LogP contribution in [0.15, 0.2) is 0 Å². The van der Waals surface area contributed by atoms with Gasteiger partial charge in [-0.3, -0.25) is 9.59 Å². The molecule has 0 aromatic heterocycles. The monoisotopic (exact) mass is 170 g/mol. The van der Waals surface area contributed by atoms with Crippen molar-refractivity contribution in [2.45, 2.75) is 31.8 Å². The van der Waals surface area contributed by atoms with E-state index >= 15 is 0 Å². The van der Waals surface area contributed by atoms with Crippen LogP contribution in [0.4, 0.5) is 0 Å². The summed E-state index contributed by atoms with van der Waals surface area (Å²) >= 11 is 0. The van der Waals surface area contributed by atoms with Gasteiger partial charge in [0.25, 0.3) is 0 Å². The van der Waals surface area contributed by atoms with Crippen LogP contribution >= 0.6 is 0 Å². The van der Waals surface area contributed by atoms with Crippen molar-refractivity contribution in [1.82, 2.24) is 5.32 Å². The van der Waals surface area contributed by atoms with Gasteiger partial charge in [0.1, 0.15) is 5.78 Å². The van der Waals surface area contributed by atoms with Gasteiger partial charge in [-0.25, -0.2) is 0 Å². The van der Waals surface area contributed by atoms with Gasteiger partial charge < -0.3 is 11.1 Å². The first-order valence-corrected chi connectivity index (χ1v) is 3.99. The van der Waals surface area contributed by atoms with E-state index in [1.165, 1.54) is 13.8 Å². The Kier molecular flexibility index (Phi) is 2.30. The molecule has 2 atom stereocenters. The molecule has 0 aromatic rings. The van der Waals surface area contributed by atoms with Crippen LogP contribution in [0.5, 0.6) is 0 Å². The molecule has 1 aliphatic rings. The summed E-state index contributed by atoms with van der Waals surface area (Å²) in [7, 11) is 0. The Morgan fingerprint density at radius 1 is 1.50 bits per heavy atom. The number of carbonyl (C=O) groups is 2. The molecule has 1 saturated heterocycles. The number of nitrogens with one attached hydrogen (secondary N) is 1. The fourth-order valence-electron chi connectivity index (χ4n) is 1.37. The smallest absolute Gasteiger partial charge is 0.150 e. The predicted molar refractivity (Wildman–Crippen MR) is 44.7 cm³/mol. The average molecular weight is 170 g/mol. The van der Waals surface area contributed by atoms with E-state index in [2.05, 4.69) is 5.32 Å². The lowest BCUT2D eigenvalue weighted by atomic mass is 9.92. The van der Waals surface area contributed by atoms with E-state index < -0.39 is 5.54 Å². The molecule has 1 aliphatic heterocycles. The van der Waals surface area contributed by atoms with Gasteiger partial charge in [-0.15, -0.1) is 0 Å². The maximum Gasteiger partial charge on any atom is 0.150 e. The summed E-state index contributed by atoms with van der Waals surface area (Å²) in [6.45, 7) is 3.38. The van der Waals surface area contributed by atoms with Gasteiger partial charge in [-0.2, -0.15) is 0 Å². The highest BCUT2D eigenvalue weighted by Gasteiger charge is 2.40. The zero-order valence-electron chi connectivity index (χ0n) is 7.39. The first-order chi connectivity index (χ1) is 5.46. The number of hydrogen-bond donors (Lipinski definition) is 2. The third-order valence-electron chi connectivity index (χ3n) is 2.42. The van der Waals surface area contributed by atoms with Crippen LogP contribution in [0.2, 0.25) is 0 Å². The van der Waals surface area contributed by atoms with Crippen molar-refractivity contribution >= 4 is 11.6 Å². The molecular weight excluding hydrogens is 156 g/mol. The van der Waals surface area contributed by atoms with Crippen molar-refractivity contribution in [2.24, 2.45) is 5.73 Å². The number of ketones is 2. The highest BCUT2D eigenvalue weighted by Crippen LogP contribution is 2.17. The second-order valence-corrected chi connectivity index (χ2v) is 3.46. The van der Waals surface area contributed by atoms with Gasteiger partial charge in [-0.1, -0.05) is 0 Å². The zero-order valence-corrected chi connectivity index (χ0v) is 7.39. The maximum atomic E-state index is 11.1. The highest BCUT2D eigenvalue weighted by atomic mass is 16.1. The van der Waals surface area contributed by atoms with Crippen molar-refractivity contribution in [3.63, 3.8) is 0 Å². The van der Waals surface area contributed by atoms with Gasteiger partial charge in [0, 0.05) is 6.54 Å². The van der Waals surface area contributed by atoms with Crippen LogP contribution < -0.4 is 11.1 Å². The summed E-state index contributed by atoms with van der Waals surface area (Å²) in [5.74, 6) is -0.0117. The lowest BCUT2D eigenvalue weighted by molar-refractivity contribution is -0.121. The summed E-state index contributed by atoms with van der Waals surface area (Å²) in [6.07, 6.45) is 0.428. The van der Waals surface area contributed by atoms with E-state index in [9.17, 15) is 9.59 Å². The summed E-state index contributed by atoms with van der Waals surface area (Å²) in [5.41, 5.74) is 4.94. The highest BCUT2D eigenvalue weighted by molar-refractivity contribution is 5.90. The summed E-state index contributed by atoms with van der Waals surface area (Å²) in [6, 6.07) is -0.237. The van der Waals surface area contributed by atoms with Crippen molar-refractivity contribution in [3.05, 3.63) is 0 Å². The molecule has 0 aliphatic carbocycles. The predicted octanol–water partition coefficient (Wildman–Crippen LogP) is -0.776. The van der Waals surface area contributed by atoms with E-state index in [1.54, 1.807) is 0 Å². The van der Waals surface area contributed by atoms with E-state index in [0.717, 1.165) is 0 Å². The number of hydrogen-bond acceptors (Lipinski definition) is 4. The molecule has 0 unspecified atom stereocenters. The Hall–Kier alpha value is -0.740. The van der Waals surface area contributed by atoms with Gasteiger partial charge in [0.15, 0.2) is 5.78 Å². The standard InChI is InChI=1S/C8H14N2O2/c1-5(11)7-3-8(9,4-10-7)6(2)12/h7,10H,3-4,9H2,1-2H3/t7-,8-/m0/s1. The Bertz CT molecular complexity index is 227. The minimum atomic E-state index is -0.823. The third kappa shape index (κ3) is 1.54. The van der Waals surface area contributed by atoms with Crippen LogP contribution in [0.25, 0.3) is 0 Å². The second kappa shape index (κ2) is 2.95. The van der Waals surface area contributed by atoms with Gasteiger partial charge in [0.2, 0.25) is 0 Å². The molecule has 0 aromatic carbocycles. The number of rotatable bonds is 2. The van der Waals surface area contributed by atoms with Crippen LogP contribution in [0, 0.1) is 0 Å². The quantitative estimate of drug-likeness (QED) is 0.570. The van der Waals surface area contributed by atoms with Gasteiger partial charge >= 0.3 is 0 Å². The molecule has 0 saturated carbocycles. The fourth-order valence-corrected chi connectivity index (χ4v) is 1.37. The molecule has 0 bridgehead atoms. The minimum absolute atomic E-state index is 0.0450. The number of nitrogens with two attached hydrogens (primary N) is 1. The van der Waals surface area contributed by atoms with Crippen molar-refractivity contribution in [3.8, 4) is 0 Å². The maximum absolute atomic E-state index is 11.1. The lowest BCUT2D eigenvalue weighted by Crippen LogP contribution is -2.48. The molecule has 1 heterocycles. The topological polar surface area (TPSA) is 72.2 Å². The lowest BCUT2D eigenvalue weighted by Gasteiger charge is -2.18. The Labute approximate surface area is 71.5 Å². The van der Waals surface area contributed by atoms with E-state index in [4.69, 9.17) is 5.73 Å². The normalized spacial score (nSPS) is 35.1. The second-order valence-electron chi connectivity index (χ2n) is 3.46. The SMILES string of the molecule is CC(=O)[C@@H]1C[C@@](N)(C(C)=O)CN1. The average Bonchev–Trinajstić information content (AvgIpc) is 2.33. The minimum Gasteiger partial charge on any atom is -0.318 e. The molecule has 0 radical (unpaired) electrons. The molecule has 68 valence electrons. The van der Waals surface area contributed by atoms with E-state index in [1.807, 2.05) is 0 Å². The molecule has 4 nitrogen and oxygen atoms in total. The Morgan fingerprint density at radius 2 is 2.08 bits per heavy atom. The Balaban J connectivity index is 2.67. The summed E-state index contributed by atoms with van der Waals surface area (Å²) < 4.78 is 0. The first kappa shape index (κ1) is 9.35.